The van der Waals surface area contributed by atoms with Crippen LogP contribution in [0, 0.1) is 5.92 Å². The largest absolute Gasteiger partial charge is 0.455 e. The summed E-state index contributed by atoms with van der Waals surface area (Å²) >= 11 is 2.94. The molecule has 1 amide bonds. The number of hydrogen-bond acceptors (Lipinski definition) is 7. The van der Waals surface area contributed by atoms with Crippen molar-refractivity contribution >= 4 is 34.1 Å². The van der Waals surface area contributed by atoms with Crippen molar-refractivity contribution in [2.45, 2.75) is 31.2 Å². The maximum Gasteiger partial charge on any atom is 0.293 e. The average molecular weight is 377 g/mol. The fraction of sp³-hybridized carbons (Fsp3) is 0.375. The second-order valence-electron chi connectivity index (χ2n) is 5.93. The van der Waals surface area contributed by atoms with Crippen LogP contribution >= 0.6 is 23.1 Å². The van der Waals surface area contributed by atoms with E-state index in [4.69, 9.17) is 4.42 Å². The van der Waals surface area contributed by atoms with Crippen molar-refractivity contribution in [3.63, 3.8) is 0 Å². The van der Waals surface area contributed by atoms with Gasteiger partial charge in [-0.15, -0.1) is 10.2 Å². The van der Waals surface area contributed by atoms with Crippen molar-refractivity contribution < 1.29 is 9.21 Å². The Morgan fingerprint density at radius 3 is 2.96 bits per heavy atom. The van der Waals surface area contributed by atoms with Crippen molar-refractivity contribution in [1.29, 1.82) is 0 Å². The lowest BCUT2D eigenvalue weighted by Crippen LogP contribution is -2.10. The van der Waals surface area contributed by atoms with E-state index in [0.717, 1.165) is 22.3 Å². The van der Waals surface area contributed by atoms with Crippen LogP contribution in [0.4, 0.5) is 5.13 Å². The van der Waals surface area contributed by atoms with Gasteiger partial charge in [0.2, 0.25) is 5.13 Å². The number of imidazole rings is 1. The predicted molar refractivity (Wildman–Crippen MR) is 97.9 cm³/mol. The summed E-state index contributed by atoms with van der Waals surface area (Å²) in [6.07, 6.45) is 4.49. The van der Waals surface area contributed by atoms with Crippen molar-refractivity contribution in [3.8, 4) is 0 Å². The molecule has 0 unspecified atom stereocenters. The molecule has 0 aliphatic carbocycles. The number of rotatable bonds is 7. The lowest BCUT2D eigenvalue weighted by molar-refractivity contribution is 0.0995. The van der Waals surface area contributed by atoms with Crippen LogP contribution in [0.5, 0.6) is 0 Å². The number of amides is 1. The Balaban J connectivity index is 1.57. The van der Waals surface area contributed by atoms with Gasteiger partial charge in [-0.3, -0.25) is 10.1 Å². The summed E-state index contributed by atoms with van der Waals surface area (Å²) < 4.78 is 7.55. The number of aryl methyl sites for hydroxylation is 1. The molecule has 25 heavy (non-hydrogen) atoms. The Bertz CT molecular complexity index is 852. The highest BCUT2D eigenvalue weighted by molar-refractivity contribution is 7.98. The van der Waals surface area contributed by atoms with Crippen molar-refractivity contribution in [2.24, 2.45) is 13.0 Å². The van der Waals surface area contributed by atoms with E-state index in [2.05, 4.69) is 34.3 Å². The number of nitrogens with zero attached hydrogens (tertiary/aromatic N) is 4. The van der Waals surface area contributed by atoms with Crippen LogP contribution in [0.3, 0.4) is 0 Å². The number of carbonyl (C=O) groups is 1. The highest BCUT2D eigenvalue weighted by Crippen LogP contribution is 2.23. The minimum absolute atomic E-state index is 0.260. The van der Waals surface area contributed by atoms with E-state index in [1.165, 1.54) is 11.3 Å². The van der Waals surface area contributed by atoms with Crippen LogP contribution in [0.1, 0.15) is 35.2 Å². The van der Waals surface area contributed by atoms with Gasteiger partial charge in [0.1, 0.15) is 10.8 Å². The minimum Gasteiger partial charge on any atom is -0.455 e. The summed E-state index contributed by atoms with van der Waals surface area (Å²) in [4.78, 5) is 16.5. The van der Waals surface area contributed by atoms with Crippen LogP contribution in [0.15, 0.2) is 34.1 Å². The quantitative estimate of drug-likeness (QED) is 0.633. The molecule has 3 rings (SSSR count). The average Bonchev–Trinajstić information content (AvgIpc) is 3.27. The van der Waals surface area contributed by atoms with Gasteiger partial charge in [-0.2, -0.15) is 0 Å². The molecule has 0 spiro atoms. The first kappa shape index (κ1) is 17.7. The van der Waals surface area contributed by atoms with Gasteiger partial charge in [0.25, 0.3) is 5.91 Å². The first-order valence-corrected chi connectivity index (χ1v) is 9.64. The van der Waals surface area contributed by atoms with Gasteiger partial charge in [0.05, 0.1) is 5.75 Å². The van der Waals surface area contributed by atoms with Crippen LogP contribution in [-0.2, 0) is 19.2 Å². The molecule has 0 aromatic carbocycles. The van der Waals surface area contributed by atoms with Gasteiger partial charge in [-0.1, -0.05) is 36.9 Å². The van der Waals surface area contributed by atoms with Crippen LogP contribution in [0.2, 0.25) is 0 Å². The normalized spacial score (nSPS) is 11.2. The van der Waals surface area contributed by atoms with E-state index < -0.39 is 0 Å². The molecule has 3 heterocycles. The SMILES string of the molecule is CC(C)Cc1nnc(NC(=O)c2ccc(CSc3nccn3C)o2)s1. The van der Waals surface area contributed by atoms with Gasteiger partial charge in [0.15, 0.2) is 10.9 Å². The first-order chi connectivity index (χ1) is 12.0. The van der Waals surface area contributed by atoms with Crippen LogP contribution in [-0.4, -0.2) is 25.7 Å². The zero-order valence-electron chi connectivity index (χ0n) is 14.2. The van der Waals surface area contributed by atoms with E-state index >= 15 is 0 Å². The summed E-state index contributed by atoms with van der Waals surface area (Å²) in [7, 11) is 1.94. The molecular formula is C16H19N5O2S2. The number of furan rings is 1. The molecule has 3 aromatic heterocycles. The van der Waals surface area contributed by atoms with Crippen molar-refractivity contribution in [1.82, 2.24) is 19.7 Å². The van der Waals surface area contributed by atoms with E-state index in [1.54, 1.807) is 30.1 Å². The van der Waals surface area contributed by atoms with Gasteiger partial charge in [-0.05, 0) is 18.1 Å². The third-order valence-corrected chi connectivity index (χ3v) is 5.22. The van der Waals surface area contributed by atoms with E-state index in [9.17, 15) is 4.79 Å². The molecule has 7 nitrogen and oxygen atoms in total. The van der Waals surface area contributed by atoms with Crippen molar-refractivity contribution in [2.75, 3.05) is 5.32 Å². The maximum absolute atomic E-state index is 12.3. The zero-order valence-corrected chi connectivity index (χ0v) is 15.9. The zero-order chi connectivity index (χ0) is 17.8. The molecule has 0 aliphatic heterocycles. The Labute approximate surface area is 153 Å². The lowest BCUT2D eigenvalue weighted by Gasteiger charge is -2.00. The highest BCUT2D eigenvalue weighted by Gasteiger charge is 2.15. The molecule has 1 N–H and O–H groups in total. The third-order valence-electron chi connectivity index (χ3n) is 3.28. The molecule has 0 aliphatic rings. The number of nitrogens with one attached hydrogen (secondary N) is 1. The molecule has 0 saturated carbocycles. The second-order valence-corrected chi connectivity index (χ2v) is 7.93. The summed E-state index contributed by atoms with van der Waals surface area (Å²) in [6.45, 7) is 4.24. The van der Waals surface area contributed by atoms with E-state index in [-0.39, 0.29) is 11.7 Å². The Morgan fingerprint density at radius 1 is 1.40 bits per heavy atom. The number of carbonyl (C=O) groups excluding carboxylic acids is 1. The standard InChI is InChI=1S/C16H19N5O2S2/c1-10(2)8-13-19-20-15(25-13)18-14(22)12-5-4-11(23-12)9-24-16-17-6-7-21(16)3/h4-7,10H,8-9H2,1-3H3,(H,18,20,22). The van der Waals surface area contributed by atoms with Crippen molar-refractivity contribution in [3.05, 3.63) is 41.1 Å². The number of anilines is 1. The monoisotopic (exact) mass is 377 g/mol. The van der Waals surface area contributed by atoms with Crippen LogP contribution in [0.25, 0.3) is 0 Å². The highest BCUT2D eigenvalue weighted by atomic mass is 32.2. The molecule has 3 aromatic rings. The molecular weight excluding hydrogens is 358 g/mol. The summed E-state index contributed by atoms with van der Waals surface area (Å²) in [6, 6.07) is 3.47. The Hall–Kier alpha value is -2.13. The molecule has 0 fully saturated rings. The molecule has 0 saturated heterocycles. The second kappa shape index (κ2) is 7.83. The van der Waals surface area contributed by atoms with Gasteiger partial charge in [-0.25, -0.2) is 4.98 Å². The van der Waals surface area contributed by atoms with Crippen LogP contribution < -0.4 is 5.32 Å². The number of aromatic nitrogens is 4. The fourth-order valence-corrected chi connectivity index (χ4v) is 3.87. The summed E-state index contributed by atoms with van der Waals surface area (Å²) in [5, 5.41) is 13.1. The molecule has 132 valence electrons. The van der Waals surface area contributed by atoms with Gasteiger partial charge < -0.3 is 8.98 Å². The number of hydrogen-bond donors (Lipinski definition) is 1. The predicted octanol–water partition coefficient (Wildman–Crippen LogP) is 3.61. The van der Waals surface area contributed by atoms with Gasteiger partial charge >= 0.3 is 0 Å². The minimum atomic E-state index is -0.319. The topological polar surface area (TPSA) is 85.8 Å². The smallest absolute Gasteiger partial charge is 0.293 e. The van der Waals surface area contributed by atoms with Gasteiger partial charge in [0, 0.05) is 25.9 Å². The Kier molecular flexibility index (Phi) is 5.54. The van der Waals surface area contributed by atoms with E-state index in [0.29, 0.717) is 16.8 Å². The third kappa shape index (κ3) is 4.70. The summed E-state index contributed by atoms with van der Waals surface area (Å²) in [5.74, 6) is 1.77. The fourth-order valence-electron chi connectivity index (χ4n) is 2.10. The molecule has 0 atom stereocenters. The first-order valence-electron chi connectivity index (χ1n) is 7.84. The molecule has 0 radical (unpaired) electrons. The number of thioether (sulfide) groups is 1. The summed E-state index contributed by atoms with van der Waals surface area (Å²) in [5.41, 5.74) is 0. The lowest BCUT2D eigenvalue weighted by atomic mass is 10.1. The molecule has 9 heteroatoms. The Morgan fingerprint density at radius 2 is 2.24 bits per heavy atom. The van der Waals surface area contributed by atoms with E-state index in [1.807, 2.05) is 17.8 Å². The maximum atomic E-state index is 12.3. The molecule has 0 bridgehead atoms.